The first-order valence-electron chi connectivity index (χ1n) is 5.38. The van der Waals surface area contributed by atoms with E-state index in [-0.39, 0.29) is 12.0 Å². The zero-order valence-electron chi connectivity index (χ0n) is 10.3. The summed E-state index contributed by atoms with van der Waals surface area (Å²) in [6.07, 6.45) is 2.66. The van der Waals surface area contributed by atoms with Crippen LogP contribution in [0.2, 0.25) is 0 Å². The predicted molar refractivity (Wildman–Crippen MR) is 60.9 cm³/mol. The Bertz CT molecular complexity index is 360. The lowest BCUT2D eigenvalue weighted by Crippen LogP contribution is -2.36. The summed E-state index contributed by atoms with van der Waals surface area (Å²) >= 11 is 0. The Labute approximate surface area is 95.8 Å². The van der Waals surface area contributed by atoms with Crippen molar-refractivity contribution in [2.24, 2.45) is 7.05 Å². The van der Waals surface area contributed by atoms with Gasteiger partial charge in [0.05, 0.1) is 12.8 Å². The Balaban J connectivity index is 2.56. The largest absolute Gasteiger partial charge is 0.468 e. The van der Waals surface area contributed by atoms with Gasteiger partial charge in [0.1, 0.15) is 6.04 Å². The molecular weight excluding hydrogens is 206 g/mol. The monoisotopic (exact) mass is 225 g/mol. The number of nitrogens with one attached hydrogen (secondary N) is 1. The average Bonchev–Trinajstić information content (AvgIpc) is 2.58. The van der Waals surface area contributed by atoms with Gasteiger partial charge in [-0.2, -0.15) is 5.10 Å². The van der Waals surface area contributed by atoms with Crippen LogP contribution in [0.3, 0.4) is 0 Å². The molecule has 0 spiro atoms. The number of methoxy groups -OCH3 is 1. The average molecular weight is 225 g/mol. The number of aromatic nitrogens is 2. The third-order valence-corrected chi connectivity index (χ3v) is 2.55. The van der Waals surface area contributed by atoms with Crippen LogP contribution in [0, 0.1) is 6.92 Å². The molecule has 5 heteroatoms. The second-order valence-corrected chi connectivity index (χ2v) is 3.78. The Hall–Kier alpha value is -1.36. The van der Waals surface area contributed by atoms with Gasteiger partial charge in [0.25, 0.3) is 0 Å². The van der Waals surface area contributed by atoms with Crippen LogP contribution >= 0.6 is 0 Å². The molecule has 1 aromatic heterocycles. The minimum atomic E-state index is -0.246. The summed E-state index contributed by atoms with van der Waals surface area (Å²) in [6.45, 7) is 4.54. The van der Waals surface area contributed by atoms with E-state index in [1.165, 1.54) is 7.11 Å². The smallest absolute Gasteiger partial charge is 0.322 e. The highest BCUT2D eigenvalue weighted by Crippen LogP contribution is 2.05. The van der Waals surface area contributed by atoms with E-state index in [9.17, 15) is 4.79 Å². The molecular formula is C11H19N3O2. The van der Waals surface area contributed by atoms with E-state index in [1.54, 1.807) is 4.68 Å². The van der Waals surface area contributed by atoms with Crippen molar-refractivity contribution in [3.8, 4) is 0 Å². The first kappa shape index (κ1) is 12.7. The Kier molecular flexibility index (Phi) is 4.49. The number of hydrogen-bond donors (Lipinski definition) is 1. The lowest BCUT2D eigenvalue weighted by Gasteiger charge is -2.13. The molecule has 0 bridgehead atoms. The fourth-order valence-corrected chi connectivity index (χ4v) is 1.59. The van der Waals surface area contributed by atoms with Crippen LogP contribution in [-0.2, 0) is 23.1 Å². The molecule has 0 saturated heterocycles. The third-order valence-electron chi connectivity index (χ3n) is 2.55. The zero-order valence-corrected chi connectivity index (χ0v) is 10.3. The van der Waals surface area contributed by atoms with Crippen LogP contribution in [0.1, 0.15) is 24.6 Å². The fraction of sp³-hybridized carbons (Fsp3) is 0.636. The van der Waals surface area contributed by atoms with E-state index < -0.39 is 0 Å². The molecule has 0 saturated carbocycles. The minimum absolute atomic E-state index is 0.218. The van der Waals surface area contributed by atoms with Gasteiger partial charge in [0.15, 0.2) is 0 Å². The number of ether oxygens (including phenoxy) is 1. The molecule has 1 unspecified atom stereocenters. The predicted octanol–water partition coefficient (Wildman–Crippen LogP) is 0.770. The maximum Gasteiger partial charge on any atom is 0.322 e. The van der Waals surface area contributed by atoms with Crippen molar-refractivity contribution in [2.45, 2.75) is 32.9 Å². The standard InChI is InChI=1S/C11H19N3O2/c1-5-10(11(15)16-4)12-6-9-7-14(3)13-8(9)2/h7,10,12H,5-6H2,1-4H3. The highest BCUT2D eigenvalue weighted by molar-refractivity contribution is 5.75. The molecule has 1 atom stereocenters. The normalized spacial score (nSPS) is 12.5. The van der Waals surface area contributed by atoms with Crippen LogP contribution in [0.25, 0.3) is 0 Å². The molecule has 16 heavy (non-hydrogen) atoms. The highest BCUT2D eigenvalue weighted by atomic mass is 16.5. The molecule has 0 aliphatic carbocycles. The fourth-order valence-electron chi connectivity index (χ4n) is 1.59. The number of esters is 1. The molecule has 0 fully saturated rings. The molecule has 1 aromatic rings. The molecule has 0 amide bonds. The van der Waals surface area contributed by atoms with Gasteiger partial charge in [0.2, 0.25) is 0 Å². The quantitative estimate of drug-likeness (QED) is 0.752. The second kappa shape index (κ2) is 5.65. The topological polar surface area (TPSA) is 56.2 Å². The molecule has 0 aliphatic rings. The van der Waals surface area contributed by atoms with Crippen LogP contribution in [-0.4, -0.2) is 28.9 Å². The van der Waals surface area contributed by atoms with E-state index in [1.807, 2.05) is 27.1 Å². The van der Waals surface area contributed by atoms with Crippen LogP contribution < -0.4 is 5.32 Å². The summed E-state index contributed by atoms with van der Waals surface area (Å²) < 4.78 is 6.47. The van der Waals surface area contributed by atoms with Crippen molar-refractivity contribution in [3.05, 3.63) is 17.5 Å². The van der Waals surface area contributed by atoms with Crippen molar-refractivity contribution in [1.82, 2.24) is 15.1 Å². The molecule has 5 nitrogen and oxygen atoms in total. The van der Waals surface area contributed by atoms with E-state index >= 15 is 0 Å². The summed E-state index contributed by atoms with van der Waals surface area (Å²) in [7, 11) is 3.29. The maximum absolute atomic E-state index is 11.3. The molecule has 0 aliphatic heterocycles. The lowest BCUT2D eigenvalue weighted by molar-refractivity contribution is -0.143. The Morgan fingerprint density at radius 2 is 2.38 bits per heavy atom. The first-order chi connectivity index (χ1) is 7.58. The molecule has 90 valence electrons. The van der Waals surface area contributed by atoms with Gasteiger partial charge >= 0.3 is 5.97 Å². The number of hydrogen-bond acceptors (Lipinski definition) is 4. The summed E-state index contributed by atoms with van der Waals surface area (Å²) in [5.74, 6) is -0.218. The summed E-state index contributed by atoms with van der Waals surface area (Å²) in [6, 6.07) is -0.246. The van der Waals surface area contributed by atoms with Gasteiger partial charge in [0, 0.05) is 25.4 Å². The van der Waals surface area contributed by atoms with E-state index in [2.05, 4.69) is 10.4 Å². The highest BCUT2D eigenvalue weighted by Gasteiger charge is 2.16. The van der Waals surface area contributed by atoms with Crippen molar-refractivity contribution in [1.29, 1.82) is 0 Å². The van der Waals surface area contributed by atoms with Gasteiger partial charge in [-0.3, -0.25) is 9.48 Å². The summed E-state index contributed by atoms with van der Waals surface area (Å²) in [5, 5.41) is 7.40. The van der Waals surface area contributed by atoms with Crippen molar-refractivity contribution in [2.75, 3.05) is 7.11 Å². The van der Waals surface area contributed by atoms with Crippen LogP contribution in [0.5, 0.6) is 0 Å². The number of carbonyl (C=O) groups is 1. The lowest BCUT2D eigenvalue weighted by atomic mass is 10.2. The number of nitrogens with zero attached hydrogens (tertiary/aromatic N) is 2. The second-order valence-electron chi connectivity index (χ2n) is 3.78. The Morgan fingerprint density at radius 3 is 2.81 bits per heavy atom. The van der Waals surface area contributed by atoms with Crippen molar-refractivity contribution >= 4 is 5.97 Å². The maximum atomic E-state index is 11.3. The molecule has 0 radical (unpaired) electrons. The number of rotatable bonds is 5. The number of aryl methyl sites for hydroxylation is 2. The van der Waals surface area contributed by atoms with E-state index in [0.29, 0.717) is 13.0 Å². The third kappa shape index (κ3) is 3.06. The molecule has 1 heterocycles. The van der Waals surface area contributed by atoms with Crippen molar-refractivity contribution < 1.29 is 9.53 Å². The van der Waals surface area contributed by atoms with Gasteiger partial charge in [-0.25, -0.2) is 0 Å². The zero-order chi connectivity index (χ0) is 12.1. The Morgan fingerprint density at radius 1 is 1.69 bits per heavy atom. The van der Waals surface area contributed by atoms with Crippen molar-refractivity contribution in [3.63, 3.8) is 0 Å². The van der Waals surface area contributed by atoms with Gasteiger partial charge < -0.3 is 10.1 Å². The van der Waals surface area contributed by atoms with Crippen LogP contribution in [0.4, 0.5) is 0 Å². The molecule has 0 aromatic carbocycles. The summed E-state index contributed by atoms with van der Waals surface area (Å²) in [4.78, 5) is 11.3. The summed E-state index contributed by atoms with van der Waals surface area (Å²) in [5.41, 5.74) is 2.08. The van der Waals surface area contributed by atoms with Crippen LogP contribution in [0.15, 0.2) is 6.20 Å². The van der Waals surface area contributed by atoms with Gasteiger partial charge in [-0.05, 0) is 13.3 Å². The van der Waals surface area contributed by atoms with E-state index in [0.717, 1.165) is 11.3 Å². The molecule has 1 N–H and O–H groups in total. The minimum Gasteiger partial charge on any atom is -0.468 e. The van der Waals surface area contributed by atoms with Gasteiger partial charge in [-0.15, -0.1) is 0 Å². The number of carbonyl (C=O) groups excluding carboxylic acids is 1. The van der Waals surface area contributed by atoms with Gasteiger partial charge in [-0.1, -0.05) is 6.92 Å². The molecule has 1 rings (SSSR count). The van der Waals surface area contributed by atoms with E-state index in [4.69, 9.17) is 4.74 Å². The first-order valence-corrected chi connectivity index (χ1v) is 5.38. The SMILES string of the molecule is CCC(NCc1cn(C)nc1C)C(=O)OC.